The molecule has 16 heavy (non-hydrogen) atoms. The zero-order valence-electron chi connectivity index (χ0n) is 9.48. The summed E-state index contributed by atoms with van der Waals surface area (Å²) in [6.45, 7) is 3.93. The summed E-state index contributed by atoms with van der Waals surface area (Å²) in [6, 6.07) is 0. The van der Waals surface area contributed by atoms with Gasteiger partial charge in [0, 0.05) is 18.1 Å². The van der Waals surface area contributed by atoms with Crippen LogP contribution in [0.2, 0.25) is 0 Å². The molecule has 1 aliphatic heterocycles. The molecular weight excluding hydrogens is 222 g/mol. The predicted octanol–water partition coefficient (Wildman–Crippen LogP) is 0.892. The number of hydrogen-bond donors (Lipinski definition) is 1. The van der Waals surface area contributed by atoms with Gasteiger partial charge >= 0.3 is 0 Å². The maximum absolute atomic E-state index is 12.1. The Balaban J connectivity index is 2.00. The fourth-order valence-corrected chi connectivity index (χ4v) is 3.41. The summed E-state index contributed by atoms with van der Waals surface area (Å²) in [6.07, 6.45) is 5.59. The van der Waals surface area contributed by atoms with Crippen molar-refractivity contribution in [3.05, 3.63) is 18.1 Å². The van der Waals surface area contributed by atoms with Gasteiger partial charge in [-0.3, -0.25) is 9.19 Å². The van der Waals surface area contributed by atoms with E-state index >= 15 is 0 Å². The highest BCUT2D eigenvalue weighted by Gasteiger charge is 2.18. The summed E-state index contributed by atoms with van der Waals surface area (Å²) < 4.78 is 12.1. The van der Waals surface area contributed by atoms with Crippen molar-refractivity contribution < 1.29 is 4.21 Å². The number of aryl methyl sites for hydroxylation is 1. The quantitative estimate of drug-likeness (QED) is 0.851. The first kappa shape index (κ1) is 11.7. The van der Waals surface area contributed by atoms with Crippen LogP contribution in [0.15, 0.2) is 17.4 Å². The first-order valence-corrected chi connectivity index (χ1v) is 6.96. The minimum Gasteiger partial charge on any atom is -0.316 e. The average molecular weight is 239 g/mol. The molecule has 1 aromatic rings. The number of nitrogens with zero attached hydrogens (tertiary/aromatic N) is 2. The fraction of sp³-hybridized carbons (Fsp3) is 0.636. The molecule has 0 saturated carbocycles. The van der Waals surface area contributed by atoms with Gasteiger partial charge < -0.3 is 5.32 Å². The Morgan fingerprint density at radius 3 is 3.00 bits per heavy atom. The monoisotopic (exact) mass is 239 g/mol. The molecule has 0 unspecified atom stereocenters. The van der Waals surface area contributed by atoms with Crippen LogP contribution >= 0.6 is 0 Å². The van der Waals surface area contributed by atoms with Gasteiger partial charge in [-0.15, -0.1) is 0 Å². The van der Waals surface area contributed by atoms with Gasteiger partial charge in [0.15, 0.2) is 0 Å². The van der Waals surface area contributed by atoms with Crippen LogP contribution in [0.25, 0.3) is 0 Å². The number of hydrogen-bond acceptors (Lipinski definition) is 4. The molecule has 1 aromatic heterocycles. The molecule has 88 valence electrons. The number of rotatable bonds is 3. The molecule has 0 bridgehead atoms. The molecular formula is C11H17N3OS. The molecule has 0 spiro atoms. The van der Waals surface area contributed by atoms with E-state index < -0.39 is 10.8 Å². The van der Waals surface area contributed by atoms with Crippen LogP contribution in [-0.2, 0) is 10.8 Å². The van der Waals surface area contributed by atoms with Crippen LogP contribution in [0.3, 0.4) is 0 Å². The number of piperidine rings is 1. The largest absolute Gasteiger partial charge is 0.316 e. The SMILES string of the molecule is Cc1nccnc1[S@@](=O)C[C@H]1CCCNC1. The van der Waals surface area contributed by atoms with Gasteiger partial charge in [0.2, 0.25) is 0 Å². The Bertz CT molecular complexity index is 377. The summed E-state index contributed by atoms with van der Waals surface area (Å²) in [5.41, 5.74) is 0.782. The summed E-state index contributed by atoms with van der Waals surface area (Å²) >= 11 is 0. The molecule has 0 radical (unpaired) electrons. The topological polar surface area (TPSA) is 54.9 Å². The molecule has 5 heteroatoms. The Kier molecular flexibility index (Phi) is 4.01. The minimum atomic E-state index is -1.01. The lowest BCUT2D eigenvalue weighted by atomic mass is 10.0. The van der Waals surface area contributed by atoms with Crippen LogP contribution in [0, 0.1) is 12.8 Å². The molecule has 1 N–H and O–H groups in total. The number of aromatic nitrogens is 2. The van der Waals surface area contributed by atoms with Gasteiger partial charge in [0.1, 0.15) is 5.03 Å². The average Bonchev–Trinajstić information content (AvgIpc) is 2.31. The van der Waals surface area contributed by atoms with Gasteiger partial charge in [-0.1, -0.05) is 0 Å². The van der Waals surface area contributed by atoms with E-state index in [-0.39, 0.29) is 0 Å². The van der Waals surface area contributed by atoms with Crippen LogP contribution in [0.5, 0.6) is 0 Å². The molecule has 1 saturated heterocycles. The lowest BCUT2D eigenvalue weighted by Gasteiger charge is -2.22. The molecule has 1 fully saturated rings. The van der Waals surface area contributed by atoms with Gasteiger partial charge in [0.05, 0.1) is 16.5 Å². The highest BCUT2D eigenvalue weighted by Crippen LogP contribution is 2.15. The van der Waals surface area contributed by atoms with Crippen molar-refractivity contribution in [1.29, 1.82) is 0 Å². The molecule has 2 rings (SSSR count). The third kappa shape index (κ3) is 2.86. The van der Waals surface area contributed by atoms with E-state index in [2.05, 4.69) is 15.3 Å². The molecule has 2 heterocycles. The van der Waals surface area contributed by atoms with Crippen molar-refractivity contribution in [1.82, 2.24) is 15.3 Å². The minimum absolute atomic E-state index is 0.510. The fourth-order valence-electron chi connectivity index (χ4n) is 1.98. The van der Waals surface area contributed by atoms with E-state index in [9.17, 15) is 4.21 Å². The lowest BCUT2D eigenvalue weighted by molar-refractivity contribution is 0.407. The van der Waals surface area contributed by atoms with Crippen LogP contribution in [0.1, 0.15) is 18.5 Å². The standard InChI is InChI=1S/C11H17N3OS/c1-9-11(14-6-5-13-9)16(15)8-10-3-2-4-12-7-10/h5-6,10,12H,2-4,7-8H2,1H3/t10-,16-/m0/s1. The smallest absolute Gasteiger partial charge is 0.148 e. The zero-order valence-corrected chi connectivity index (χ0v) is 10.3. The van der Waals surface area contributed by atoms with E-state index in [0.717, 1.165) is 25.2 Å². The summed E-state index contributed by atoms with van der Waals surface area (Å²) in [7, 11) is -1.01. The second kappa shape index (κ2) is 5.50. The van der Waals surface area contributed by atoms with Crippen molar-refractivity contribution in [3.8, 4) is 0 Å². The lowest BCUT2D eigenvalue weighted by Crippen LogP contribution is -2.32. The van der Waals surface area contributed by atoms with E-state index in [0.29, 0.717) is 16.7 Å². The molecule has 4 nitrogen and oxygen atoms in total. The summed E-state index contributed by atoms with van der Waals surface area (Å²) in [4.78, 5) is 8.28. The van der Waals surface area contributed by atoms with Crippen molar-refractivity contribution in [3.63, 3.8) is 0 Å². The van der Waals surface area contributed by atoms with Crippen LogP contribution < -0.4 is 5.32 Å². The summed E-state index contributed by atoms with van der Waals surface area (Å²) in [5, 5.41) is 3.98. The maximum atomic E-state index is 12.1. The van der Waals surface area contributed by atoms with Gasteiger partial charge in [-0.25, -0.2) is 4.98 Å². The highest BCUT2D eigenvalue weighted by atomic mass is 32.2. The first-order valence-electron chi connectivity index (χ1n) is 5.64. The van der Waals surface area contributed by atoms with Crippen molar-refractivity contribution in [2.45, 2.75) is 24.8 Å². The normalized spacial score (nSPS) is 22.9. The van der Waals surface area contributed by atoms with Crippen molar-refractivity contribution in [2.24, 2.45) is 5.92 Å². The second-order valence-electron chi connectivity index (χ2n) is 4.17. The van der Waals surface area contributed by atoms with Crippen molar-refractivity contribution in [2.75, 3.05) is 18.8 Å². The summed E-state index contributed by atoms with van der Waals surface area (Å²) in [5.74, 6) is 1.21. The van der Waals surface area contributed by atoms with E-state index in [4.69, 9.17) is 0 Å². The third-order valence-corrected chi connectivity index (χ3v) is 4.44. The second-order valence-corrected chi connectivity index (χ2v) is 5.58. The highest BCUT2D eigenvalue weighted by molar-refractivity contribution is 7.85. The molecule has 0 aromatic carbocycles. The Morgan fingerprint density at radius 1 is 1.50 bits per heavy atom. The van der Waals surface area contributed by atoms with Crippen LogP contribution in [0.4, 0.5) is 0 Å². The van der Waals surface area contributed by atoms with Gasteiger partial charge in [-0.05, 0) is 38.8 Å². The van der Waals surface area contributed by atoms with Gasteiger partial charge in [0.25, 0.3) is 0 Å². The van der Waals surface area contributed by atoms with E-state index in [1.807, 2.05) is 6.92 Å². The Hall–Kier alpha value is -0.810. The third-order valence-electron chi connectivity index (χ3n) is 2.84. The molecule has 0 aliphatic carbocycles. The molecule has 0 amide bonds. The Morgan fingerprint density at radius 2 is 2.31 bits per heavy atom. The first-order chi connectivity index (χ1) is 7.77. The van der Waals surface area contributed by atoms with Crippen molar-refractivity contribution >= 4 is 10.8 Å². The zero-order chi connectivity index (χ0) is 11.4. The molecule has 1 aliphatic rings. The predicted molar refractivity (Wildman–Crippen MR) is 63.6 cm³/mol. The van der Waals surface area contributed by atoms with Crippen LogP contribution in [-0.4, -0.2) is 33.0 Å². The number of nitrogens with one attached hydrogen (secondary N) is 1. The maximum Gasteiger partial charge on any atom is 0.148 e. The molecule has 2 atom stereocenters. The van der Waals surface area contributed by atoms with Gasteiger partial charge in [-0.2, -0.15) is 0 Å². The van der Waals surface area contributed by atoms with E-state index in [1.165, 1.54) is 6.42 Å². The van der Waals surface area contributed by atoms with E-state index in [1.54, 1.807) is 12.4 Å². The Labute approximate surface area is 98.3 Å².